The first kappa shape index (κ1) is 16.8. The van der Waals surface area contributed by atoms with Gasteiger partial charge in [-0.2, -0.15) is 0 Å². The molecule has 0 bridgehead atoms. The number of hydrogen-bond acceptors (Lipinski definition) is 6. The zero-order valence-electron chi connectivity index (χ0n) is 13.1. The largest absolute Gasteiger partial charge is 0.374 e. The second-order valence-corrected chi connectivity index (χ2v) is 7.95. The van der Waals surface area contributed by atoms with E-state index in [-0.39, 0.29) is 11.2 Å². The summed E-state index contributed by atoms with van der Waals surface area (Å²) in [4.78, 5) is 12.4. The van der Waals surface area contributed by atoms with E-state index in [0.717, 1.165) is 16.8 Å². The van der Waals surface area contributed by atoms with Crippen LogP contribution in [0, 0.1) is 6.92 Å². The summed E-state index contributed by atoms with van der Waals surface area (Å²) >= 11 is 2.65. The molecule has 2 aromatic rings. The number of nitrogens with zero attached hydrogens (tertiary/aromatic N) is 2. The molecular formula is C15H20N4OS2. The Labute approximate surface area is 138 Å². The van der Waals surface area contributed by atoms with Crippen LogP contribution < -0.4 is 11.1 Å². The highest BCUT2D eigenvalue weighted by Crippen LogP contribution is 2.30. The molecule has 7 heteroatoms. The fourth-order valence-electron chi connectivity index (χ4n) is 2.04. The molecule has 3 N–H and O–H groups in total. The van der Waals surface area contributed by atoms with Gasteiger partial charge in [-0.1, -0.05) is 55.1 Å². The Hall–Kier alpha value is -1.60. The smallest absolute Gasteiger partial charge is 0.237 e. The number of nitrogens with one attached hydrogen (secondary N) is 1. The van der Waals surface area contributed by atoms with E-state index in [9.17, 15) is 4.79 Å². The Morgan fingerprint density at radius 1 is 1.32 bits per heavy atom. The van der Waals surface area contributed by atoms with Crippen LogP contribution in [0.25, 0.3) is 0 Å². The molecule has 1 atom stereocenters. The maximum atomic E-state index is 12.4. The highest BCUT2D eigenvalue weighted by molar-refractivity contribution is 8.02. The second kappa shape index (κ2) is 7.11. The number of aromatic nitrogens is 2. The number of benzene rings is 1. The fraction of sp³-hybridized carbons (Fsp3) is 0.400. The number of nitrogen functional groups attached to an aromatic ring is 1. The third-order valence-corrected chi connectivity index (χ3v) is 5.18. The van der Waals surface area contributed by atoms with Crippen LogP contribution in [-0.4, -0.2) is 21.4 Å². The molecule has 0 fully saturated rings. The Morgan fingerprint density at radius 3 is 2.64 bits per heavy atom. The number of amides is 1. The highest BCUT2D eigenvalue weighted by Gasteiger charge is 2.19. The summed E-state index contributed by atoms with van der Waals surface area (Å²) in [6, 6.07) is 6.07. The quantitative estimate of drug-likeness (QED) is 0.814. The average molecular weight is 336 g/mol. The van der Waals surface area contributed by atoms with E-state index in [4.69, 9.17) is 5.73 Å². The Bertz CT molecular complexity index is 669. The molecule has 0 aliphatic carbocycles. The van der Waals surface area contributed by atoms with Gasteiger partial charge in [-0.3, -0.25) is 4.79 Å². The van der Waals surface area contributed by atoms with Crippen LogP contribution in [0.4, 0.5) is 10.8 Å². The van der Waals surface area contributed by atoms with Crippen molar-refractivity contribution < 1.29 is 4.79 Å². The van der Waals surface area contributed by atoms with E-state index in [0.29, 0.717) is 15.4 Å². The van der Waals surface area contributed by atoms with Gasteiger partial charge >= 0.3 is 0 Å². The van der Waals surface area contributed by atoms with Crippen molar-refractivity contribution in [1.82, 2.24) is 10.2 Å². The van der Waals surface area contributed by atoms with Crippen LogP contribution in [0.1, 0.15) is 37.8 Å². The molecule has 0 aliphatic heterocycles. The zero-order valence-corrected chi connectivity index (χ0v) is 14.7. The average Bonchev–Trinajstić information content (AvgIpc) is 2.85. The van der Waals surface area contributed by atoms with Crippen molar-refractivity contribution in [3.63, 3.8) is 0 Å². The first-order valence-corrected chi connectivity index (χ1v) is 8.74. The van der Waals surface area contributed by atoms with Gasteiger partial charge in [0.05, 0.1) is 5.25 Å². The van der Waals surface area contributed by atoms with Crippen molar-refractivity contribution in [2.24, 2.45) is 0 Å². The van der Waals surface area contributed by atoms with E-state index in [2.05, 4.69) is 35.4 Å². The number of anilines is 2. The lowest BCUT2D eigenvalue weighted by atomic mass is 9.98. The summed E-state index contributed by atoms with van der Waals surface area (Å²) in [5.41, 5.74) is 8.68. The lowest BCUT2D eigenvalue weighted by Gasteiger charge is -2.18. The van der Waals surface area contributed by atoms with E-state index in [1.54, 1.807) is 0 Å². The van der Waals surface area contributed by atoms with Crippen molar-refractivity contribution >= 4 is 39.8 Å². The maximum Gasteiger partial charge on any atom is 0.237 e. The van der Waals surface area contributed by atoms with Crippen LogP contribution in [0.3, 0.4) is 0 Å². The molecule has 2 rings (SSSR count). The van der Waals surface area contributed by atoms with E-state index in [1.165, 1.54) is 23.1 Å². The third kappa shape index (κ3) is 3.98. The molecule has 1 unspecified atom stereocenters. The molecule has 5 nitrogen and oxygen atoms in total. The topological polar surface area (TPSA) is 80.9 Å². The summed E-state index contributed by atoms with van der Waals surface area (Å²) in [5.74, 6) is 0.302. The van der Waals surface area contributed by atoms with Gasteiger partial charge in [0.1, 0.15) is 0 Å². The molecule has 22 heavy (non-hydrogen) atoms. The minimum absolute atomic E-state index is 0.0463. The Balaban J connectivity index is 2.11. The van der Waals surface area contributed by atoms with Gasteiger partial charge in [0.15, 0.2) is 4.34 Å². The van der Waals surface area contributed by atoms with Gasteiger partial charge in [-0.15, -0.1) is 10.2 Å². The van der Waals surface area contributed by atoms with Crippen molar-refractivity contribution in [3.05, 3.63) is 29.3 Å². The van der Waals surface area contributed by atoms with Crippen LogP contribution >= 0.6 is 23.1 Å². The number of nitrogens with two attached hydrogens (primary N) is 1. The minimum Gasteiger partial charge on any atom is -0.374 e. The van der Waals surface area contributed by atoms with Gasteiger partial charge in [0.2, 0.25) is 11.0 Å². The predicted octanol–water partition coefficient (Wildman–Crippen LogP) is 3.67. The highest BCUT2D eigenvalue weighted by atomic mass is 32.2. The lowest BCUT2D eigenvalue weighted by Crippen LogP contribution is -2.23. The Morgan fingerprint density at radius 2 is 2.05 bits per heavy atom. The van der Waals surface area contributed by atoms with Gasteiger partial charge in [0.25, 0.3) is 0 Å². The summed E-state index contributed by atoms with van der Waals surface area (Å²) < 4.78 is 0.703. The van der Waals surface area contributed by atoms with E-state index >= 15 is 0 Å². The van der Waals surface area contributed by atoms with E-state index in [1.807, 2.05) is 26.0 Å². The summed E-state index contributed by atoms with van der Waals surface area (Å²) in [5, 5.41) is 10.9. The summed E-state index contributed by atoms with van der Waals surface area (Å²) in [6.45, 7) is 8.09. The number of aryl methyl sites for hydroxylation is 1. The van der Waals surface area contributed by atoms with Crippen molar-refractivity contribution in [2.75, 3.05) is 11.1 Å². The second-order valence-electron chi connectivity index (χ2n) is 5.35. The SMILES string of the molecule is Cc1cccc(C(C)C)c1NC(=O)C(C)Sc1nnc(N)s1. The molecule has 0 saturated carbocycles. The summed E-state index contributed by atoms with van der Waals surface area (Å²) in [6.07, 6.45) is 0. The predicted molar refractivity (Wildman–Crippen MR) is 93.5 cm³/mol. The Kier molecular flexibility index (Phi) is 5.42. The van der Waals surface area contributed by atoms with E-state index < -0.39 is 0 Å². The normalized spacial score (nSPS) is 12.4. The molecule has 118 valence electrons. The molecule has 1 aromatic carbocycles. The zero-order chi connectivity index (χ0) is 16.3. The number of carbonyl (C=O) groups excluding carboxylic acids is 1. The van der Waals surface area contributed by atoms with Crippen LogP contribution in [0.2, 0.25) is 0 Å². The number of carbonyl (C=O) groups is 1. The lowest BCUT2D eigenvalue weighted by molar-refractivity contribution is -0.115. The van der Waals surface area contributed by atoms with Crippen LogP contribution in [-0.2, 0) is 4.79 Å². The van der Waals surface area contributed by atoms with Gasteiger partial charge in [-0.05, 0) is 30.9 Å². The number of hydrogen-bond donors (Lipinski definition) is 2. The van der Waals surface area contributed by atoms with Crippen molar-refractivity contribution in [1.29, 1.82) is 0 Å². The monoisotopic (exact) mass is 336 g/mol. The number of rotatable bonds is 5. The molecule has 0 aliphatic rings. The molecular weight excluding hydrogens is 316 g/mol. The van der Waals surface area contributed by atoms with Crippen molar-refractivity contribution in [2.45, 2.75) is 43.2 Å². The molecule has 0 spiro atoms. The molecule has 0 radical (unpaired) electrons. The van der Waals surface area contributed by atoms with Crippen LogP contribution in [0.15, 0.2) is 22.5 Å². The minimum atomic E-state index is -0.271. The first-order valence-electron chi connectivity index (χ1n) is 7.04. The molecule has 1 aromatic heterocycles. The summed E-state index contributed by atoms with van der Waals surface area (Å²) in [7, 11) is 0. The van der Waals surface area contributed by atoms with Crippen molar-refractivity contribution in [3.8, 4) is 0 Å². The van der Waals surface area contributed by atoms with Gasteiger partial charge in [-0.25, -0.2) is 0 Å². The number of para-hydroxylation sites is 1. The first-order chi connectivity index (χ1) is 10.4. The van der Waals surface area contributed by atoms with Gasteiger partial charge < -0.3 is 11.1 Å². The molecule has 0 saturated heterocycles. The third-order valence-electron chi connectivity index (χ3n) is 3.24. The molecule has 1 heterocycles. The van der Waals surface area contributed by atoms with Gasteiger partial charge in [0, 0.05) is 5.69 Å². The van der Waals surface area contributed by atoms with Crippen LogP contribution in [0.5, 0.6) is 0 Å². The maximum absolute atomic E-state index is 12.4. The standard InChI is InChI=1S/C15H20N4OS2/c1-8(2)11-7-5-6-9(3)12(11)17-13(20)10(4)21-15-19-18-14(16)22-15/h5-8,10H,1-4H3,(H2,16,18)(H,17,20). The molecule has 1 amide bonds. The fourth-order valence-corrected chi connectivity index (χ4v) is 3.82. The number of thioether (sulfide) groups is 1.